The summed E-state index contributed by atoms with van der Waals surface area (Å²) in [7, 11) is -3.55. The van der Waals surface area contributed by atoms with Crippen LogP contribution in [0.25, 0.3) is 0 Å². The first-order valence-corrected chi connectivity index (χ1v) is 10.7. The zero-order chi connectivity index (χ0) is 17.2. The van der Waals surface area contributed by atoms with Crippen molar-refractivity contribution in [3.63, 3.8) is 0 Å². The van der Waals surface area contributed by atoms with Crippen LogP contribution in [0.1, 0.15) is 10.5 Å². The molecule has 0 spiro atoms. The molecule has 6 nitrogen and oxygen atoms in total. The maximum absolute atomic E-state index is 12.6. The Bertz CT molecular complexity index is 828. The maximum atomic E-state index is 12.6. The summed E-state index contributed by atoms with van der Waals surface area (Å²) in [6.07, 6.45) is 1.37. The number of benzene rings is 1. The number of anilines is 1. The average molecular weight is 430 g/mol. The molecule has 1 amide bonds. The summed E-state index contributed by atoms with van der Waals surface area (Å²) in [6, 6.07) is 8.52. The molecular formula is C15H16BrN3O3S2. The van der Waals surface area contributed by atoms with E-state index >= 15 is 0 Å². The van der Waals surface area contributed by atoms with Crippen molar-refractivity contribution in [1.82, 2.24) is 9.29 Å². The summed E-state index contributed by atoms with van der Waals surface area (Å²) in [6.45, 7) is 0.997. The second-order valence-electron chi connectivity index (χ2n) is 5.23. The molecule has 24 heavy (non-hydrogen) atoms. The normalized spacial score (nSPS) is 16.0. The van der Waals surface area contributed by atoms with Crippen molar-refractivity contribution in [3.05, 3.63) is 46.7 Å². The molecule has 1 saturated heterocycles. The fourth-order valence-corrected chi connectivity index (χ4v) is 5.16. The lowest BCUT2D eigenvalue weighted by atomic mass is 10.3. The Hall–Kier alpha value is -1.29. The molecule has 1 aliphatic heterocycles. The molecule has 1 aliphatic rings. The first-order chi connectivity index (χ1) is 11.5. The molecule has 0 unspecified atom stereocenters. The van der Waals surface area contributed by atoms with Crippen LogP contribution in [0.5, 0.6) is 0 Å². The highest BCUT2D eigenvalue weighted by atomic mass is 79.9. The lowest BCUT2D eigenvalue weighted by molar-refractivity contribution is 0.102. The molecule has 3 rings (SSSR count). The van der Waals surface area contributed by atoms with Gasteiger partial charge in [0.05, 0.1) is 0 Å². The first kappa shape index (κ1) is 17.5. The van der Waals surface area contributed by atoms with E-state index in [4.69, 9.17) is 0 Å². The SMILES string of the molecule is O=C(Nc1ccc(Br)cc1)c1cc(S(=O)(=O)N2CCSCC2)c[nH]1. The van der Waals surface area contributed by atoms with E-state index in [-0.39, 0.29) is 16.5 Å². The van der Waals surface area contributed by atoms with Gasteiger partial charge in [0.15, 0.2) is 0 Å². The lowest BCUT2D eigenvalue weighted by Crippen LogP contribution is -2.37. The number of rotatable bonds is 4. The number of carbonyl (C=O) groups is 1. The molecule has 2 N–H and O–H groups in total. The fourth-order valence-electron chi connectivity index (χ4n) is 2.32. The van der Waals surface area contributed by atoms with Gasteiger partial charge in [-0.05, 0) is 30.3 Å². The first-order valence-electron chi connectivity index (χ1n) is 7.30. The summed E-state index contributed by atoms with van der Waals surface area (Å²) < 4.78 is 27.5. The highest BCUT2D eigenvalue weighted by Crippen LogP contribution is 2.21. The van der Waals surface area contributed by atoms with Crippen LogP contribution >= 0.6 is 27.7 Å². The van der Waals surface area contributed by atoms with Gasteiger partial charge in [0, 0.05) is 41.0 Å². The van der Waals surface area contributed by atoms with Gasteiger partial charge in [0.2, 0.25) is 10.0 Å². The Morgan fingerprint density at radius 3 is 2.54 bits per heavy atom. The number of aromatic amines is 1. The molecule has 1 fully saturated rings. The average Bonchev–Trinajstić information content (AvgIpc) is 3.09. The Balaban J connectivity index is 1.74. The minimum Gasteiger partial charge on any atom is -0.356 e. The smallest absolute Gasteiger partial charge is 0.272 e. The van der Waals surface area contributed by atoms with E-state index in [1.807, 2.05) is 12.1 Å². The highest BCUT2D eigenvalue weighted by Gasteiger charge is 2.27. The standard InChI is InChI=1S/C15H16BrN3O3S2/c16-11-1-3-12(4-2-11)18-15(20)14-9-13(10-17-14)24(21,22)19-5-7-23-8-6-19/h1-4,9-10,17H,5-8H2,(H,18,20). The van der Waals surface area contributed by atoms with Gasteiger partial charge in [0.25, 0.3) is 5.91 Å². The van der Waals surface area contributed by atoms with Gasteiger partial charge in [-0.1, -0.05) is 15.9 Å². The zero-order valence-electron chi connectivity index (χ0n) is 12.7. The summed E-state index contributed by atoms with van der Waals surface area (Å²) >= 11 is 5.07. The van der Waals surface area contributed by atoms with Gasteiger partial charge in [-0.15, -0.1) is 0 Å². The third kappa shape index (κ3) is 3.85. The number of carbonyl (C=O) groups excluding carboxylic acids is 1. The molecule has 9 heteroatoms. The predicted octanol–water partition coefficient (Wildman–Crippen LogP) is 2.77. The third-order valence-corrected chi connectivity index (χ3v) is 6.96. The second-order valence-corrected chi connectivity index (χ2v) is 9.30. The van der Waals surface area contributed by atoms with Crippen molar-refractivity contribution < 1.29 is 13.2 Å². The molecule has 1 aromatic heterocycles. The Morgan fingerprint density at radius 2 is 1.88 bits per heavy atom. The van der Waals surface area contributed by atoms with Crippen LogP contribution in [0.2, 0.25) is 0 Å². The van der Waals surface area contributed by atoms with Crippen LogP contribution in [0.3, 0.4) is 0 Å². The molecule has 0 aliphatic carbocycles. The van der Waals surface area contributed by atoms with Crippen molar-refractivity contribution in [2.24, 2.45) is 0 Å². The number of hydrogen-bond acceptors (Lipinski definition) is 4. The summed E-state index contributed by atoms with van der Waals surface area (Å²) in [5, 5.41) is 2.73. The van der Waals surface area contributed by atoms with Gasteiger partial charge in [0.1, 0.15) is 10.6 Å². The molecular weight excluding hydrogens is 414 g/mol. The highest BCUT2D eigenvalue weighted by molar-refractivity contribution is 9.10. The Labute approximate surface area is 153 Å². The predicted molar refractivity (Wildman–Crippen MR) is 99.0 cm³/mol. The van der Waals surface area contributed by atoms with E-state index in [1.165, 1.54) is 16.6 Å². The van der Waals surface area contributed by atoms with Crippen LogP contribution in [-0.2, 0) is 10.0 Å². The molecule has 1 aromatic carbocycles. The third-order valence-electron chi connectivity index (χ3n) is 3.61. The topological polar surface area (TPSA) is 82.3 Å². The van der Waals surface area contributed by atoms with Crippen LogP contribution in [-0.4, -0.2) is 48.2 Å². The number of thioether (sulfide) groups is 1. The van der Waals surface area contributed by atoms with E-state index < -0.39 is 10.0 Å². The molecule has 2 aromatic rings. The van der Waals surface area contributed by atoms with E-state index in [2.05, 4.69) is 26.2 Å². The molecule has 128 valence electrons. The summed E-state index contributed by atoms with van der Waals surface area (Å²) in [5.74, 6) is 1.20. The monoisotopic (exact) mass is 429 g/mol. The van der Waals surface area contributed by atoms with Gasteiger partial charge in [-0.2, -0.15) is 16.1 Å². The number of hydrogen-bond donors (Lipinski definition) is 2. The number of nitrogens with one attached hydrogen (secondary N) is 2. The van der Waals surface area contributed by atoms with Crippen molar-refractivity contribution in [2.45, 2.75) is 4.90 Å². The van der Waals surface area contributed by atoms with Crippen molar-refractivity contribution in [2.75, 3.05) is 29.9 Å². The minimum atomic E-state index is -3.55. The van der Waals surface area contributed by atoms with Crippen LogP contribution in [0.15, 0.2) is 45.9 Å². The molecule has 0 saturated carbocycles. The largest absolute Gasteiger partial charge is 0.356 e. The van der Waals surface area contributed by atoms with E-state index in [9.17, 15) is 13.2 Å². The number of halogens is 1. The summed E-state index contributed by atoms with van der Waals surface area (Å²) in [5.41, 5.74) is 0.846. The van der Waals surface area contributed by atoms with Crippen molar-refractivity contribution in [3.8, 4) is 0 Å². The molecule has 0 atom stereocenters. The van der Waals surface area contributed by atoms with Crippen molar-refractivity contribution >= 4 is 49.3 Å². The molecule has 0 bridgehead atoms. The van der Waals surface area contributed by atoms with Crippen molar-refractivity contribution in [1.29, 1.82) is 0 Å². The zero-order valence-corrected chi connectivity index (χ0v) is 15.9. The van der Waals surface area contributed by atoms with E-state index in [1.54, 1.807) is 23.9 Å². The van der Waals surface area contributed by atoms with Crippen LogP contribution in [0, 0.1) is 0 Å². The number of sulfonamides is 1. The fraction of sp³-hybridized carbons (Fsp3) is 0.267. The Morgan fingerprint density at radius 1 is 1.21 bits per heavy atom. The van der Waals surface area contributed by atoms with Gasteiger partial charge in [-0.3, -0.25) is 4.79 Å². The van der Waals surface area contributed by atoms with Gasteiger partial charge >= 0.3 is 0 Å². The number of nitrogens with zero attached hydrogens (tertiary/aromatic N) is 1. The second kappa shape index (κ2) is 7.30. The van der Waals surface area contributed by atoms with Crippen LogP contribution in [0.4, 0.5) is 5.69 Å². The molecule has 2 heterocycles. The number of H-pyrrole nitrogens is 1. The number of aromatic nitrogens is 1. The molecule has 0 radical (unpaired) electrons. The van der Waals surface area contributed by atoms with E-state index in [0.717, 1.165) is 16.0 Å². The quantitative estimate of drug-likeness (QED) is 0.782. The number of amides is 1. The van der Waals surface area contributed by atoms with Gasteiger partial charge in [-0.25, -0.2) is 8.42 Å². The Kier molecular flexibility index (Phi) is 5.33. The summed E-state index contributed by atoms with van der Waals surface area (Å²) in [4.78, 5) is 15.1. The maximum Gasteiger partial charge on any atom is 0.272 e. The van der Waals surface area contributed by atoms with Crippen LogP contribution < -0.4 is 5.32 Å². The lowest BCUT2D eigenvalue weighted by Gasteiger charge is -2.24. The van der Waals surface area contributed by atoms with E-state index in [0.29, 0.717) is 18.8 Å². The van der Waals surface area contributed by atoms with Gasteiger partial charge < -0.3 is 10.3 Å². The minimum absolute atomic E-state index is 0.121.